The van der Waals surface area contributed by atoms with Gasteiger partial charge in [-0.15, -0.1) is 0 Å². The minimum atomic E-state index is -4.08. The molecule has 0 aromatic heterocycles. The number of benzene rings is 2. The first-order chi connectivity index (χ1) is 13.5. The van der Waals surface area contributed by atoms with Gasteiger partial charge in [-0.1, -0.05) is 41.4 Å². The first kappa shape index (κ1) is 23.3. The van der Waals surface area contributed by atoms with Crippen LogP contribution in [0.2, 0.25) is 5.02 Å². The molecule has 0 saturated carbocycles. The summed E-state index contributed by atoms with van der Waals surface area (Å²) in [6.07, 6.45) is 0.758. The van der Waals surface area contributed by atoms with E-state index < -0.39 is 31.9 Å². The van der Waals surface area contributed by atoms with Crippen molar-refractivity contribution in [2.75, 3.05) is 12.0 Å². The summed E-state index contributed by atoms with van der Waals surface area (Å²) in [6.45, 7) is 1.86. The molecule has 2 aromatic rings. The summed E-state index contributed by atoms with van der Waals surface area (Å²) in [5.74, 6) is -1.23. The quantitative estimate of drug-likeness (QED) is 0.577. The number of nitrogens with one attached hydrogen (secondary N) is 1. The van der Waals surface area contributed by atoms with Crippen LogP contribution in [0.5, 0.6) is 0 Å². The number of hydrogen-bond acceptors (Lipinski definition) is 6. The number of carbonyl (C=O) groups excluding carboxylic acids is 1. The van der Waals surface area contributed by atoms with Crippen molar-refractivity contribution in [1.29, 1.82) is 0 Å². The standard InChI is InChI=1S/C19H22ClNO6S2/c1-14-3-5-15(6-4-14)13-27-19(22)18(11-12-28(2,23)24)21-29(25,26)17-9-7-16(20)8-10-17/h3-10,18,21H,11-13H2,1-2H3/t18-/m1/s1. The first-order valence-corrected chi connectivity index (χ1v) is 12.6. The molecule has 0 spiro atoms. The van der Waals surface area contributed by atoms with E-state index >= 15 is 0 Å². The van der Waals surface area contributed by atoms with Gasteiger partial charge in [-0.05, 0) is 43.2 Å². The molecule has 0 bridgehead atoms. The summed E-state index contributed by atoms with van der Waals surface area (Å²) in [4.78, 5) is 12.4. The Balaban J connectivity index is 2.15. The fourth-order valence-corrected chi connectivity index (χ4v) is 4.37. The lowest BCUT2D eigenvalue weighted by molar-refractivity contribution is -0.147. The van der Waals surface area contributed by atoms with Gasteiger partial charge < -0.3 is 4.74 Å². The zero-order valence-electron chi connectivity index (χ0n) is 16.0. The number of hydrogen-bond donors (Lipinski definition) is 1. The van der Waals surface area contributed by atoms with Crippen molar-refractivity contribution < 1.29 is 26.4 Å². The molecule has 1 N–H and O–H groups in total. The Bertz CT molecular complexity index is 1050. The van der Waals surface area contributed by atoms with Crippen LogP contribution in [0.4, 0.5) is 0 Å². The molecular formula is C19H22ClNO6S2. The van der Waals surface area contributed by atoms with Gasteiger partial charge in [0.05, 0.1) is 10.6 Å². The largest absolute Gasteiger partial charge is 0.460 e. The Labute approximate surface area is 176 Å². The van der Waals surface area contributed by atoms with Gasteiger partial charge in [0.1, 0.15) is 22.5 Å². The van der Waals surface area contributed by atoms with Gasteiger partial charge in [0.25, 0.3) is 0 Å². The summed E-state index contributed by atoms with van der Waals surface area (Å²) >= 11 is 5.77. The van der Waals surface area contributed by atoms with Gasteiger partial charge >= 0.3 is 5.97 Å². The third-order valence-electron chi connectivity index (χ3n) is 3.98. The molecule has 0 unspecified atom stereocenters. The normalized spacial score (nSPS) is 13.1. The Morgan fingerprint density at radius 2 is 1.62 bits per heavy atom. The number of rotatable bonds is 9. The molecular weight excluding hydrogens is 438 g/mol. The monoisotopic (exact) mass is 459 g/mol. The van der Waals surface area contributed by atoms with E-state index in [-0.39, 0.29) is 23.7 Å². The number of halogens is 1. The number of carbonyl (C=O) groups is 1. The summed E-state index contributed by atoms with van der Waals surface area (Å²) in [5, 5.41) is 0.357. The van der Waals surface area contributed by atoms with Gasteiger partial charge in [-0.25, -0.2) is 16.8 Å². The second-order valence-electron chi connectivity index (χ2n) is 6.64. The predicted octanol–water partition coefficient (Wildman–Crippen LogP) is 2.47. The van der Waals surface area contributed by atoms with E-state index in [2.05, 4.69) is 4.72 Å². The maximum Gasteiger partial charge on any atom is 0.324 e. The van der Waals surface area contributed by atoms with Crippen LogP contribution in [0.15, 0.2) is 53.4 Å². The van der Waals surface area contributed by atoms with Crippen LogP contribution in [0.3, 0.4) is 0 Å². The third-order valence-corrected chi connectivity index (χ3v) is 6.70. The van der Waals surface area contributed by atoms with E-state index in [0.29, 0.717) is 5.02 Å². The van der Waals surface area contributed by atoms with Crippen LogP contribution in [-0.4, -0.2) is 40.9 Å². The lowest BCUT2D eigenvalue weighted by Gasteiger charge is -2.18. The van der Waals surface area contributed by atoms with E-state index in [4.69, 9.17) is 16.3 Å². The maximum absolute atomic E-state index is 12.6. The Morgan fingerprint density at radius 1 is 1.03 bits per heavy atom. The summed E-state index contributed by atoms with van der Waals surface area (Å²) in [6, 6.07) is 11.3. The number of sulfone groups is 1. The molecule has 0 aliphatic carbocycles. The Kier molecular flexibility index (Phi) is 7.81. The van der Waals surface area contributed by atoms with Gasteiger partial charge in [0, 0.05) is 11.3 Å². The van der Waals surface area contributed by atoms with Crippen molar-refractivity contribution in [3.63, 3.8) is 0 Å². The van der Waals surface area contributed by atoms with Crippen LogP contribution >= 0.6 is 11.6 Å². The summed E-state index contributed by atoms with van der Waals surface area (Å²) in [7, 11) is -7.49. The van der Waals surface area contributed by atoms with Crippen LogP contribution in [0.25, 0.3) is 0 Å². The highest BCUT2D eigenvalue weighted by Crippen LogP contribution is 2.15. The van der Waals surface area contributed by atoms with E-state index in [9.17, 15) is 21.6 Å². The van der Waals surface area contributed by atoms with Crippen LogP contribution in [0, 0.1) is 6.92 Å². The number of sulfonamides is 1. The third kappa shape index (κ3) is 7.77. The molecule has 0 radical (unpaired) electrons. The fraction of sp³-hybridized carbons (Fsp3) is 0.316. The molecule has 10 heteroatoms. The summed E-state index contributed by atoms with van der Waals surface area (Å²) < 4.78 is 55.6. The molecule has 0 amide bonds. The average molecular weight is 460 g/mol. The minimum Gasteiger partial charge on any atom is -0.460 e. The fourth-order valence-electron chi connectivity index (χ4n) is 2.37. The van der Waals surface area contributed by atoms with Crippen molar-refractivity contribution in [3.05, 3.63) is 64.7 Å². The van der Waals surface area contributed by atoms with Crippen molar-refractivity contribution in [2.24, 2.45) is 0 Å². The van der Waals surface area contributed by atoms with Crippen LogP contribution in [-0.2, 0) is 36.0 Å². The van der Waals surface area contributed by atoms with Crippen LogP contribution in [0.1, 0.15) is 17.5 Å². The molecule has 2 aromatic carbocycles. The molecule has 0 aliphatic rings. The molecule has 158 valence electrons. The van der Waals surface area contributed by atoms with Gasteiger partial charge in [-0.3, -0.25) is 4.79 Å². The van der Waals surface area contributed by atoms with Crippen molar-refractivity contribution in [2.45, 2.75) is 30.9 Å². The maximum atomic E-state index is 12.6. The van der Waals surface area contributed by atoms with Gasteiger partial charge in [0.15, 0.2) is 0 Å². The minimum absolute atomic E-state index is 0.0584. The van der Waals surface area contributed by atoms with E-state index in [1.807, 2.05) is 19.1 Å². The highest BCUT2D eigenvalue weighted by atomic mass is 35.5. The smallest absolute Gasteiger partial charge is 0.324 e. The Morgan fingerprint density at radius 3 is 2.17 bits per heavy atom. The molecule has 0 aliphatic heterocycles. The average Bonchev–Trinajstić information content (AvgIpc) is 2.64. The van der Waals surface area contributed by atoms with E-state index in [1.54, 1.807) is 12.1 Å². The van der Waals surface area contributed by atoms with E-state index in [1.165, 1.54) is 24.3 Å². The number of ether oxygens (including phenoxy) is 1. The first-order valence-electron chi connectivity index (χ1n) is 8.64. The molecule has 0 saturated heterocycles. The second kappa shape index (κ2) is 9.71. The highest BCUT2D eigenvalue weighted by Gasteiger charge is 2.28. The molecule has 0 heterocycles. The molecule has 7 nitrogen and oxygen atoms in total. The molecule has 2 rings (SSSR count). The van der Waals surface area contributed by atoms with Gasteiger partial charge in [0.2, 0.25) is 10.0 Å². The molecule has 1 atom stereocenters. The lowest BCUT2D eigenvalue weighted by atomic mass is 10.2. The van der Waals surface area contributed by atoms with Crippen molar-refractivity contribution in [1.82, 2.24) is 4.72 Å². The lowest BCUT2D eigenvalue weighted by Crippen LogP contribution is -2.42. The topological polar surface area (TPSA) is 107 Å². The van der Waals surface area contributed by atoms with Gasteiger partial charge in [-0.2, -0.15) is 4.72 Å². The molecule has 0 fully saturated rings. The number of esters is 1. The van der Waals surface area contributed by atoms with Crippen molar-refractivity contribution in [3.8, 4) is 0 Å². The highest BCUT2D eigenvalue weighted by molar-refractivity contribution is 7.90. The zero-order valence-corrected chi connectivity index (χ0v) is 18.4. The summed E-state index contributed by atoms with van der Waals surface area (Å²) in [5.41, 5.74) is 1.77. The van der Waals surface area contributed by atoms with Crippen molar-refractivity contribution >= 4 is 37.4 Å². The number of aryl methyl sites for hydroxylation is 1. The van der Waals surface area contributed by atoms with E-state index in [0.717, 1.165) is 17.4 Å². The van der Waals surface area contributed by atoms with Crippen LogP contribution < -0.4 is 4.72 Å². The zero-order chi connectivity index (χ0) is 21.7. The molecule has 29 heavy (non-hydrogen) atoms. The second-order valence-corrected chi connectivity index (χ2v) is 11.0. The SMILES string of the molecule is Cc1ccc(COC(=O)[C@@H](CCS(C)(=O)=O)NS(=O)(=O)c2ccc(Cl)cc2)cc1. The predicted molar refractivity (Wildman–Crippen MR) is 111 cm³/mol. The Hall–Kier alpha value is -1.94.